The number of thioether (sulfide) groups is 1. The number of thiocarbonyl (C=S) groups is 1. The van der Waals surface area contributed by atoms with Crippen LogP contribution in [0.25, 0.3) is 6.08 Å². The summed E-state index contributed by atoms with van der Waals surface area (Å²) in [5.41, 5.74) is 0.806. The van der Waals surface area contributed by atoms with E-state index < -0.39 is 17.8 Å². The van der Waals surface area contributed by atoms with Gasteiger partial charge >= 0.3 is 0 Å². The second-order valence-electron chi connectivity index (χ2n) is 6.64. The van der Waals surface area contributed by atoms with Crippen LogP contribution in [0.4, 0.5) is 5.69 Å². The molecular formula is C22H19N2O7S2-. The molecular weight excluding hydrogens is 468 g/mol. The number of aromatic carboxylic acids is 1. The first-order valence-electron chi connectivity index (χ1n) is 9.44. The third-order valence-corrected chi connectivity index (χ3v) is 5.92. The third-order valence-electron chi connectivity index (χ3n) is 4.54. The van der Waals surface area contributed by atoms with Crippen molar-refractivity contribution in [3.8, 4) is 17.2 Å². The fourth-order valence-corrected chi connectivity index (χ4v) is 4.30. The van der Waals surface area contributed by atoms with Gasteiger partial charge in [0.2, 0.25) is 11.7 Å². The highest BCUT2D eigenvalue weighted by atomic mass is 32.2. The molecule has 3 rings (SSSR count). The Kier molecular flexibility index (Phi) is 7.56. The number of amides is 2. The first-order chi connectivity index (χ1) is 15.8. The number of carbonyl (C=O) groups is 3. The number of rotatable bonds is 8. The number of carbonyl (C=O) groups excluding carboxylic acids is 3. The molecule has 2 amide bonds. The Morgan fingerprint density at radius 3 is 2.36 bits per heavy atom. The summed E-state index contributed by atoms with van der Waals surface area (Å²) < 4.78 is 16.2. The van der Waals surface area contributed by atoms with E-state index in [1.54, 1.807) is 18.2 Å². The van der Waals surface area contributed by atoms with Crippen LogP contribution >= 0.6 is 24.0 Å². The van der Waals surface area contributed by atoms with E-state index in [1.807, 2.05) is 0 Å². The summed E-state index contributed by atoms with van der Waals surface area (Å²) in [6.45, 7) is -0.327. The second-order valence-corrected chi connectivity index (χ2v) is 8.32. The Labute approximate surface area is 199 Å². The van der Waals surface area contributed by atoms with Crippen LogP contribution in [0.5, 0.6) is 17.2 Å². The normalized spacial score (nSPS) is 14.4. The van der Waals surface area contributed by atoms with E-state index in [1.165, 1.54) is 50.5 Å². The van der Waals surface area contributed by atoms with Crippen LogP contribution in [0.15, 0.2) is 41.3 Å². The van der Waals surface area contributed by atoms with E-state index >= 15 is 0 Å². The highest BCUT2D eigenvalue weighted by Gasteiger charge is 2.33. The Balaban J connectivity index is 1.77. The molecule has 0 spiro atoms. The Hall–Kier alpha value is -3.57. The van der Waals surface area contributed by atoms with Gasteiger partial charge in [0.05, 0.1) is 32.2 Å². The quantitative estimate of drug-likeness (QED) is 0.440. The Bertz CT molecular complexity index is 1140. The van der Waals surface area contributed by atoms with Crippen molar-refractivity contribution in [1.29, 1.82) is 0 Å². The number of anilines is 1. The van der Waals surface area contributed by atoms with Crippen molar-refractivity contribution in [2.75, 3.05) is 33.2 Å². The van der Waals surface area contributed by atoms with Gasteiger partial charge in [-0.3, -0.25) is 14.5 Å². The van der Waals surface area contributed by atoms with Crippen molar-refractivity contribution in [3.05, 3.63) is 52.4 Å². The number of ether oxygens (including phenoxy) is 3. The number of methoxy groups -OCH3 is 3. The molecule has 0 atom stereocenters. The summed E-state index contributed by atoms with van der Waals surface area (Å²) in [5.74, 6) is -1.05. The maximum Gasteiger partial charge on any atom is 0.266 e. The third kappa shape index (κ3) is 5.44. The molecule has 172 valence electrons. The molecule has 2 aromatic carbocycles. The summed E-state index contributed by atoms with van der Waals surface area (Å²) in [7, 11) is 4.47. The molecule has 11 heteroatoms. The van der Waals surface area contributed by atoms with Gasteiger partial charge in [-0.1, -0.05) is 36.1 Å². The molecule has 0 aromatic heterocycles. The van der Waals surface area contributed by atoms with Gasteiger partial charge in [0.25, 0.3) is 5.91 Å². The minimum absolute atomic E-state index is 0.0771. The molecule has 1 aliphatic rings. The van der Waals surface area contributed by atoms with Crippen LogP contribution in [-0.4, -0.2) is 54.9 Å². The molecule has 0 bridgehead atoms. The molecule has 0 aliphatic carbocycles. The van der Waals surface area contributed by atoms with Crippen LogP contribution in [0.1, 0.15) is 15.9 Å². The lowest BCUT2D eigenvalue weighted by Gasteiger charge is -2.15. The monoisotopic (exact) mass is 487 g/mol. The van der Waals surface area contributed by atoms with Gasteiger partial charge in [0, 0.05) is 5.69 Å². The SMILES string of the molecule is COc1cc(/C=C2/SC(=S)N(CC(=O)Nc3cccc(C(=O)[O-])c3)C2=O)cc(OC)c1OC. The van der Waals surface area contributed by atoms with Gasteiger partial charge in [0.15, 0.2) is 11.5 Å². The molecule has 1 heterocycles. The fraction of sp³-hybridized carbons (Fsp3) is 0.182. The molecule has 9 nitrogen and oxygen atoms in total. The lowest BCUT2D eigenvalue weighted by Crippen LogP contribution is -2.36. The van der Waals surface area contributed by atoms with E-state index in [4.69, 9.17) is 26.4 Å². The highest BCUT2D eigenvalue weighted by molar-refractivity contribution is 8.26. The van der Waals surface area contributed by atoms with Gasteiger partial charge in [-0.15, -0.1) is 0 Å². The highest BCUT2D eigenvalue weighted by Crippen LogP contribution is 2.40. The number of nitrogens with zero attached hydrogens (tertiary/aromatic N) is 1. The topological polar surface area (TPSA) is 117 Å². The van der Waals surface area contributed by atoms with Gasteiger partial charge < -0.3 is 29.4 Å². The maximum absolute atomic E-state index is 12.9. The van der Waals surface area contributed by atoms with Crippen molar-refractivity contribution in [2.45, 2.75) is 0 Å². The van der Waals surface area contributed by atoms with Crippen molar-refractivity contribution >= 4 is 57.8 Å². The number of carboxylic acids is 1. The Morgan fingerprint density at radius 2 is 1.79 bits per heavy atom. The molecule has 0 unspecified atom stereocenters. The minimum Gasteiger partial charge on any atom is -0.545 e. The van der Waals surface area contributed by atoms with Crippen molar-refractivity contribution in [3.63, 3.8) is 0 Å². The molecule has 1 aliphatic heterocycles. The van der Waals surface area contributed by atoms with Crippen molar-refractivity contribution in [2.24, 2.45) is 0 Å². The van der Waals surface area contributed by atoms with Crippen molar-refractivity contribution < 1.29 is 33.7 Å². The summed E-state index contributed by atoms with van der Waals surface area (Å²) in [6, 6.07) is 8.98. The number of hydrogen-bond acceptors (Lipinski definition) is 9. The largest absolute Gasteiger partial charge is 0.545 e. The lowest BCUT2D eigenvalue weighted by atomic mass is 10.1. The summed E-state index contributed by atoms with van der Waals surface area (Å²) in [4.78, 5) is 37.8. The van der Waals surface area contributed by atoms with E-state index in [0.29, 0.717) is 27.7 Å². The number of carboxylic acid groups (broad SMARTS) is 1. The lowest BCUT2D eigenvalue weighted by molar-refractivity contribution is -0.255. The van der Waals surface area contributed by atoms with Crippen LogP contribution in [0.3, 0.4) is 0 Å². The first-order valence-corrected chi connectivity index (χ1v) is 10.7. The van der Waals surface area contributed by atoms with Gasteiger partial charge in [-0.2, -0.15) is 0 Å². The maximum atomic E-state index is 12.9. The molecule has 2 aromatic rings. The standard InChI is InChI=1S/C22H20N2O7S2/c1-29-15-7-12(8-16(30-2)19(15)31-3)9-17-20(26)24(22(32)33-17)11-18(25)23-14-6-4-5-13(10-14)21(27)28/h4-10H,11H2,1-3H3,(H,23,25)(H,27,28)/p-1/b17-9+. The molecule has 0 saturated carbocycles. The van der Waals surface area contributed by atoms with E-state index in [-0.39, 0.29) is 22.1 Å². The van der Waals surface area contributed by atoms with Gasteiger partial charge in [-0.05, 0) is 41.5 Å². The summed E-state index contributed by atoms with van der Waals surface area (Å²) in [5, 5.41) is 13.5. The van der Waals surface area contributed by atoms with E-state index in [9.17, 15) is 19.5 Å². The van der Waals surface area contributed by atoms with Gasteiger partial charge in [-0.25, -0.2) is 0 Å². The van der Waals surface area contributed by atoms with Crippen molar-refractivity contribution in [1.82, 2.24) is 4.90 Å². The predicted octanol–water partition coefficient (Wildman–Crippen LogP) is 1.92. The predicted molar refractivity (Wildman–Crippen MR) is 125 cm³/mol. The van der Waals surface area contributed by atoms with Gasteiger partial charge in [0.1, 0.15) is 10.9 Å². The molecule has 33 heavy (non-hydrogen) atoms. The van der Waals surface area contributed by atoms with E-state index in [0.717, 1.165) is 11.8 Å². The first kappa shape index (κ1) is 24.1. The van der Waals surface area contributed by atoms with Crippen LogP contribution in [-0.2, 0) is 9.59 Å². The zero-order valence-electron chi connectivity index (χ0n) is 17.9. The minimum atomic E-state index is -1.36. The second kappa shape index (κ2) is 10.4. The molecule has 1 N–H and O–H groups in total. The molecule has 0 radical (unpaired) electrons. The smallest absolute Gasteiger partial charge is 0.266 e. The van der Waals surface area contributed by atoms with Crippen LogP contribution in [0, 0.1) is 0 Å². The molecule has 1 saturated heterocycles. The number of hydrogen-bond donors (Lipinski definition) is 1. The Morgan fingerprint density at radius 1 is 1.12 bits per heavy atom. The van der Waals surface area contributed by atoms with Crippen LogP contribution < -0.4 is 24.6 Å². The number of nitrogens with one attached hydrogen (secondary N) is 1. The number of benzene rings is 2. The van der Waals surface area contributed by atoms with E-state index in [2.05, 4.69) is 5.32 Å². The molecule has 1 fully saturated rings. The summed E-state index contributed by atoms with van der Waals surface area (Å²) >= 11 is 6.34. The fourth-order valence-electron chi connectivity index (χ4n) is 3.04. The zero-order chi connectivity index (χ0) is 24.1. The zero-order valence-corrected chi connectivity index (χ0v) is 19.5. The average Bonchev–Trinajstić information content (AvgIpc) is 3.05. The summed E-state index contributed by atoms with van der Waals surface area (Å²) in [6.07, 6.45) is 1.62. The van der Waals surface area contributed by atoms with Crippen LogP contribution in [0.2, 0.25) is 0 Å². The average molecular weight is 488 g/mol.